The number of aliphatic hydroxyl groups is 1. The van der Waals surface area contributed by atoms with Crippen molar-refractivity contribution in [1.29, 1.82) is 0 Å². The first-order valence-corrected chi connectivity index (χ1v) is 9.19. The maximum atomic E-state index is 12.3. The Morgan fingerprint density at radius 3 is 2.29 bits per heavy atom. The lowest BCUT2D eigenvalue weighted by Crippen LogP contribution is -2.36. The average molecular weight is 331 g/mol. The fraction of sp³-hybridized carbons (Fsp3) is 0.684. The molecule has 24 heavy (non-hydrogen) atoms. The van der Waals surface area contributed by atoms with Crippen LogP contribution in [0.5, 0.6) is 0 Å². The zero-order valence-electron chi connectivity index (χ0n) is 13.8. The molecule has 1 saturated carbocycles. The highest BCUT2D eigenvalue weighted by atomic mass is 16.7. The summed E-state index contributed by atoms with van der Waals surface area (Å²) in [4.78, 5) is 29.2. The van der Waals surface area contributed by atoms with Crippen LogP contribution < -0.4 is 0 Å². The molecule has 0 spiro atoms. The van der Waals surface area contributed by atoms with E-state index in [0.29, 0.717) is 42.4 Å². The second-order valence-corrected chi connectivity index (χ2v) is 7.56. The van der Waals surface area contributed by atoms with E-state index in [1.54, 1.807) is 0 Å². The van der Waals surface area contributed by atoms with Gasteiger partial charge in [-0.25, -0.2) is 4.79 Å². The number of hydroxylamine groups is 2. The van der Waals surface area contributed by atoms with Gasteiger partial charge in [0.1, 0.15) is 0 Å². The summed E-state index contributed by atoms with van der Waals surface area (Å²) in [6.45, 7) is 0. The molecular weight excluding hydrogens is 306 g/mol. The third-order valence-corrected chi connectivity index (χ3v) is 6.32. The molecule has 5 nitrogen and oxygen atoms in total. The number of amides is 1. The van der Waals surface area contributed by atoms with Crippen LogP contribution in [-0.2, 0) is 14.4 Å². The fourth-order valence-electron chi connectivity index (χ4n) is 5.29. The molecule has 0 aromatic rings. The number of fused-ring (bicyclic) bond motifs is 5. The Balaban J connectivity index is 1.40. The molecular formula is C19H25NO4. The third kappa shape index (κ3) is 2.69. The molecule has 0 aromatic carbocycles. The van der Waals surface area contributed by atoms with Crippen molar-refractivity contribution in [1.82, 2.24) is 5.06 Å². The van der Waals surface area contributed by atoms with Crippen molar-refractivity contribution in [2.75, 3.05) is 0 Å². The van der Waals surface area contributed by atoms with Crippen LogP contribution in [0, 0.1) is 29.6 Å². The Labute approximate surface area is 142 Å². The molecule has 4 aliphatic rings. The maximum Gasteiger partial charge on any atom is 0.333 e. The summed E-state index contributed by atoms with van der Waals surface area (Å²) in [6.07, 6.45) is 13.7. The molecule has 5 heteroatoms. The quantitative estimate of drug-likeness (QED) is 0.807. The van der Waals surface area contributed by atoms with Crippen molar-refractivity contribution in [3.05, 3.63) is 24.3 Å². The Bertz CT molecular complexity index is 558. The van der Waals surface area contributed by atoms with Crippen molar-refractivity contribution >= 4 is 11.9 Å². The van der Waals surface area contributed by atoms with Crippen LogP contribution in [0.15, 0.2) is 24.3 Å². The number of carbonyl (C=O) groups excluding carboxylic acids is 2. The van der Waals surface area contributed by atoms with Gasteiger partial charge in [0, 0.05) is 12.8 Å². The Morgan fingerprint density at radius 1 is 1.12 bits per heavy atom. The third-order valence-electron chi connectivity index (χ3n) is 6.32. The minimum Gasteiger partial charge on any atom is -0.370 e. The van der Waals surface area contributed by atoms with E-state index < -0.39 is 6.23 Å². The molecule has 5 unspecified atom stereocenters. The number of rotatable bonds is 3. The topological polar surface area (TPSA) is 66.8 Å². The normalized spacial score (nSPS) is 40.5. The lowest BCUT2D eigenvalue weighted by molar-refractivity contribution is -0.221. The monoisotopic (exact) mass is 331 g/mol. The number of hydrogen-bond donors (Lipinski definition) is 1. The highest BCUT2D eigenvalue weighted by Gasteiger charge is 2.51. The zero-order valence-corrected chi connectivity index (χ0v) is 13.8. The summed E-state index contributed by atoms with van der Waals surface area (Å²) in [5.74, 6) is 1.84. The number of nitrogens with zero attached hydrogens (tertiary/aromatic N) is 1. The molecule has 4 rings (SSSR count). The number of hydrogen-bond acceptors (Lipinski definition) is 4. The first-order valence-electron chi connectivity index (χ1n) is 9.19. The van der Waals surface area contributed by atoms with Crippen LogP contribution >= 0.6 is 0 Å². The predicted octanol–water partition coefficient (Wildman–Crippen LogP) is 2.57. The van der Waals surface area contributed by atoms with Crippen molar-refractivity contribution in [2.24, 2.45) is 29.6 Å². The van der Waals surface area contributed by atoms with Gasteiger partial charge in [-0.3, -0.25) is 4.79 Å². The van der Waals surface area contributed by atoms with Crippen LogP contribution in [0.3, 0.4) is 0 Å². The summed E-state index contributed by atoms with van der Waals surface area (Å²) in [7, 11) is 0. The van der Waals surface area contributed by atoms with E-state index in [1.165, 1.54) is 12.8 Å². The van der Waals surface area contributed by atoms with Crippen LogP contribution in [0.1, 0.15) is 44.9 Å². The van der Waals surface area contributed by atoms with E-state index in [9.17, 15) is 14.7 Å². The van der Waals surface area contributed by atoms with E-state index in [4.69, 9.17) is 4.84 Å². The molecule has 1 aliphatic heterocycles. The Hall–Kier alpha value is -1.62. The molecule has 1 N–H and O–H groups in total. The van der Waals surface area contributed by atoms with Crippen molar-refractivity contribution in [2.45, 2.75) is 51.2 Å². The van der Waals surface area contributed by atoms with E-state index in [2.05, 4.69) is 24.3 Å². The SMILES string of the molecule is O=C(CC1C2C=CC1C1CCC=CCCC21)ON1C(=O)CCC1O. The molecule has 1 saturated heterocycles. The van der Waals surface area contributed by atoms with E-state index in [1.807, 2.05) is 0 Å². The van der Waals surface area contributed by atoms with Crippen molar-refractivity contribution in [3.63, 3.8) is 0 Å². The smallest absolute Gasteiger partial charge is 0.333 e. The maximum absolute atomic E-state index is 12.3. The Morgan fingerprint density at radius 2 is 1.75 bits per heavy atom. The highest BCUT2D eigenvalue weighted by Crippen LogP contribution is 2.56. The van der Waals surface area contributed by atoms with Gasteiger partial charge in [-0.05, 0) is 55.3 Å². The number of aliphatic hydroxyl groups excluding tert-OH is 1. The summed E-state index contributed by atoms with van der Waals surface area (Å²) < 4.78 is 0. The fourth-order valence-corrected chi connectivity index (χ4v) is 5.29. The van der Waals surface area contributed by atoms with Gasteiger partial charge >= 0.3 is 5.97 Å². The van der Waals surface area contributed by atoms with Crippen molar-refractivity contribution in [3.8, 4) is 0 Å². The van der Waals surface area contributed by atoms with E-state index in [-0.39, 0.29) is 18.3 Å². The lowest BCUT2D eigenvalue weighted by Gasteiger charge is -2.28. The molecule has 0 aromatic heterocycles. The first-order chi connectivity index (χ1) is 11.6. The van der Waals surface area contributed by atoms with E-state index >= 15 is 0 Å². The van der Waals surface area contributed by atoms with Gasteiger partial charge in [-0.2, -0.15) is 0 Å². The first kappa shape index (κ1) is 15.9. The minimum atomic E-state index is -0.986. The van der Waals surface area contributed by atoms with E-state index in [0.717, 1.165) is 17.9 Å². The standard InChI is InChI=1S/C19H25NO4/c21-17-9-10-18(22)20(17)24-19(23)11-16-14-7-8-15(16)13-6-4-2-1-3-5-12(13)14/h1-2,7-8,12-17,21H,3-6,9-11H2. The van der Waals surface area contributed by atoms with Gasteiger partial charge in [0.25, 0.3) is 5.91 Å². The van der Waals surface area contributed by atoms with Crippen LogP contribution in [0.25, 0.3) is 0 Å². The largest absolute Gasteiger partial charge is 0.370 e. The van der Waals surface area contributed by atoms with Crippen LogP contribution in [-0.4, -0.2) is 28.3 Å². The molecule has 2 fully saturated rings. The molecule has 0 radical (unpaired) electrons. The minimum absolute atomic E-state index is 0.238. The molecule has 2 bridgehead atoms. The summed E-state index contributed by atoms with van der Waals surface area (Å²) in [5.41, 5.74) is 0. The molecule has 3 aliphatic carbocycles. The summed E-state index contributed by atoms with van der Waals surface area (Å²) in [6, 6.07) is 0. The second kappa shape index (κ2) is 6.36. The van der Waals surface area contributed by atoms with Gasteiger partial charge in [-0.1, -0.05) is 24.3 Å². The van der Waals surface area contributed by atoms with Crippen LogP contribution in [0.2, 0.25) is 0 Å². The second-order valence-electron chi connectivity index (χ2n) is 7.56. The highest BCUT2D eigenvalue weighted by molar-refractivity contribution is 5.80. The molecule has 1 amide bonds. The van der Waals surface area contributed by atoms with Gasteiger partial charge in [0.15, 0.2) is 6.23 Å². The van der Waals surface area contributed by atoms with Gasteiger partial charge in [-0.15, -0.1) is 5.06 Å². The average Bonchev–Trinajstić information content (AvgIpc) is 3.14. The van der Waals surface area contributed by atoms with Crippen molar-refractivity contribution < 1.29 is 19.5 Å². The van der Waals surface area contributed by atoms with Gasteiger partial charge in [0.2, 0.25) is 0 Å². The zero-order chi connectivity index (χ0) is 16.7. The lowest BCUT2D eigenvalue weighted by atomic mass is 9.77. The van der Waals surface area contributed by atoms with Gasteiger partial charge < -0.3 is 9.94 Å². The van der Waals surface area contributed by atoms with Crippen LogP contribution in [0.4, 0.5) is 0 Å². The number of carbonyl (C=O) groups is 2. The number of allylic oxidation sites excluding steroid dienone is 4. The molecule has 1 heterocycles. The summed E-state index contributed by atoms with van der Waals surface area (Å²) in [5, 5.41) is 10.6. The summed E-state index contributed by atoms with van der Waals surface area (Å²) >= 11 is 0. The predicted molar refractivity (Wildman–Crippen MR) is 87.0 cm³/mol. The molecule has 5 atom stereocenters. The Kier molecular flexibility index (Phi) is 4.21. The van der Waals surface area contributed by atoms with Gasteiger partial charge in [0.05, 0.1) is 6.42 Å². The molecule has 130 valence electrons.